The predicted molar refractivity (Wildman–Crippen MR) is 517 cm³/mol. The van der Waals surface area contributed by atoms with Crippen molar-refractivity contribution in [2.45, 2.75) is 461 Å². The Bertz CT molecular complexity index is 3720. The molecule has 0 aliphatic rings. The van der Waals surface area contributed by atoms with Crippen LogP contribution in [0, 0.1) is 0 Å². The number of hydrogen-bond acceptors (Lipinski definition) is 8. The molecule has 8 aromatic rings. The SMILES string of the molecule is CCCCCCCCc1cc(-c2sc(-c3sc(-c4sc(-c5sc(-c6sc(-c7sc(-c8sc(C(C)(C)C)cc8CCCCCCCC)cc7CCCCCCCC)cc6CCCCCCCC)cc5CCCCCCCC)cc4CCCCCCCC)cc3CCCCCCCC)cc2CCCCCCCC)sc1CCC. The van der Waals surface area contributed by atoms with Crippen LogP contribution in [0.1, 0.15) is 452 Å². The van der Waals surface area contributed by atoms with Gasteiger partial charge < -0.3 is 0 Å². The molecule has 8 rings (SSSR count). The van der Waals surface area contributed by atoms with Crippen molar-refractivity contribution >= 4 is 90.7 Å². The first-order valence-electron chi connectivity index (χ1n) is 47.4. The number of unbranched alkanes of at least 4 members (excludes halogenated alkanes) is 40. The number of hydrogen-bond donors (Lipinski definition) is 0. The highest BCUT2D eigenvalue weighted by atomic mass is 32.1. The molecule has 0 fully saturated rings. The van der Waals surface area contributed by atoms with Crippen molar-refractivity contribution in [3.8, 4) is 68.3 Å². The Morgan fingerprint density at radius 1 is 0.171 bits per heavy atom. The molecule has 111 heavy (non-hydrogen) atoms. The molecule has 0 radical (unpaired) electrons. The monoisotopic (exact) mass is 1650 g/mol. The molecule has 0 N–H and O–H groups in total. The van der Waals surface area contributed by atoms with Gasteiger partial charge >= 0.3 is 0 Å². The second kappa shape index (κ2) is 54.6. The fraction of sp³-hybridized carbons (Fsp3) is 0.689. The van der Waals surface area contributed by atoms with Crippen LogP contribution < -0.4 is 0 Å². The van der Waals surface area contributed by atoms with Crippen LogP contribution in [0.4, 0.5) is 0 Å². The molecule has 0 aliphatic carbocycles. The summed E-state index contributed by atoms with van der Waals surface area (Å²) in [7, 11) is 0. The van der Waals surface area contributed by atoms with Crippen molar-refractivity contribution in [2.75, 3.05) is 0 Å². The van der Waals surface area contributed by atoms with Gasteiger partial charge in [0.25, 0.3) is 0 Å². The Balaban J connectivity index is 1.26. The summed E-state index contributed by atoms with van der Waals surface area (Å²) in [5, 5.41) is 0. The molecule has 0 aliphatic heterocycles. The summed E-state index contributed by atoms with van der Waals surface area (Å²) in [5.74, 6) is 0. The zero-order valence-electron chi connectivity index (χ0n) is 73.4. The lowest BCUT2D eigenvalue weighted by Gasteiger charge is -2.15. The first-order valence-corrected chi connectivity index (χ1v) is 54.0. The summed E-state index contributed by atoms with van der Waals surface area (Å²) in [5.41, 5.74) is 13.2. The van der Waals surface area contributed by atoms with E-state index in [0.29, 0.717) is 0 Å². The third-order valence-electron chi connectivity index (χ3n) is 23.7. The molecule has 0 atom stereocenters. The molecule has 8 heteroatoms. The third kappa shape index (κ3) is 31.7. The molecule has 0 spiro atoms. The highest BCUT2D eigenvalue weighted by Crippen LogP contribution is 2.55. The van der Waals surface area contributed by atoms with E-state index in [1.807, 2.05) is 0 Å². The van der Waals surface area contributed by atoms with E-state index in [4.69, 9.17) is 0 Å². The number of rotatable bonds is 65. The maximum Gasteiger partial charge on any atom is 0.0481 e. The Labute approximate surface area is 716 Å². The van der Waals surface area contributed by atoms with Gasteiger partial charge in [0.15, 0.2) is 0 Å². The van der Waals surface area contributed by atoms with E-state index in [-0.39, 0.29) is 5.41 Å². The first-order chi connectivity index (χ1) is 54.4. The van der Waals surface area contributed by atoms with Gasteiger partial charge in [-0.25, -0.2) is 0 Å². The van der Waals surface area contributed by atoms with Gasteiger partial charge in [0.1, 0.15) is 0 Å². The lowest BCUT2D eigenvalue weighted by atomic mass is 9.93. The Morgan fingerprint density at radius 3 is 0.550 bits per heavy atom. The molecular weight excluding hydrogens is 1490 g/mol. The van der Waals surface area contributed by atoms with Gasteiger partial charge in [0, 0.05) is 78.0 Å². The zero-order chi connectivity index (χ0) is 78.7. The predicted octanol–water partition coefficient (Wildman–Crippen LogP) is 39.3. The largest absolute Gasteiger partial charge is 0.139 e. The summed E-state index contributed by atoms with van der Waals surface area (Å²) in [6.45, 7) is 28.7. The summed E-state index contributed by atoms with van der Waals surface area (Å²) < 4.78 is 0. The van der Waals surface area contributed by atoms with Crippen LogP contribution in [0.3, 0.4) is 0 Å². The highest BCUT2D eigenvalue weighted by molar-refractivity contribution is 7.32. The summed E-state index contributed by atoms with van der Waals surface area (Å²) >= 11 is 17.4. The summed E-state index contributed by atoms with van der Waals surface area (Å²) in [6.07, 6.45) is 76.5. The van der Waals surface area contributed by atoms with E-state index in [0.717, 1.165) is 0 Å². The Hall–Kier alpha value is -2.40. The molecule has 0 unspecified atom stereocenters. The number of thiophene rings is 8. The number of aryl methyl sites for hydroxylation is 9. The molecule has 0 bridgehead atoms. The summed E-state index contributed by atoms with van der Waals surface area (Å²) in [6, 6.07) is 21.9. The maximum absolute atomic E-state index is 2.78. The normalized spacial score (nSPS) is 12.1. The van der Waals surface area contributed by atoms with Crippen LogP contribution >= 0.6 is 90.7 Å². The molecule has 0 amide bonds. The van der Waals surface area contributed by atoms with E-state index < -0.39 is 0 Å². The van der Waals surface area contributed by atoms with Gasteiger partial charge in [-0.2, -0.15) is 0 Å². The van der Waals surface area contributed by atoms with Crippen LogP contribution in [0.2, 0.25) is 0 Å². The van der Waals surface area contributed by atoms with Crippen molar-refractivity contribution in [3.05, 3.63) is 103 Å². The van der Waals surface area contributed by atoms with Gasteiger partial charge in [-0.05, 0) is 208 Å². The van der Waals surface area contributed by atoms with E-state index in [1.165, 1.54) is 377 Å². The average Bonchev–Trinajstić information content (AvgIpc) is 1.61. The molecule has 0 saturated heterocycles. The molecule has 0 aromatic carbocycles. The lowest BCUT2D eigenvalue weighted by Crippen LogP contribution is -2.08. The lowest BCUT2D eigenvalue weighted by molar-refractivity contribution is 0.599. The van der Waals surface area contributed by atoms with Crippen LogP contribution in [0.5, 0.6) is 0 Å². The summed E-state index contributed by atoms with van der Waals surface area (Å²) in [4.78, 5) is 25.2. The Kier molecular flexibility index (Phi) is 46.3. The first kappa shape index (κ1) is 94.1. The van der Waals surface area contributed by atoms with E-state index in [1.54, 1.807) is 118 Å². The molecule has 620 valence electrons. The van der Waals surface area contributed by atoms with Crippen molar-refractivity contribution in [2.24, 2.45) is 0 Å². The van der Waals surface area contributed by atoms with Crippen molar-refractivity contribution in [1.82, 2.24) is 0 Å². The van der Waals surface area contributed by atoms with Gasteiger partial charge in [-0.1, -0.05) is 346 Å². The fourth-order valence-corrected chi connectivity index (χ4v) is 27.6. The molecule has 0 saturated carbocycles. The second-order valence-corrected chi connectivity index (χ2v) is 43.5. The highest BCUT2D eigenvalue weighted by Gasteiger charge is 2.28. The molecule has 8 heterocycles. The van der Waals surface area contributed by atoms with Crippen molar-refractivity contribution < 1.29 is 0 Å². The van der Waals surface area contributed by atoms with Crippen LogP contribution in [-0.4, -0.2) is 0 Å². The van der Waals surface area contributed by atoms with E-state index >= 15 is 0 Å². The maximum atomic E-state index is 2.78. The molecular formula is C103H160S8. The minimum atomic E-state index is 0.138. The van der Waals surface area contributed by atoms with Gasteiger partial charge in [-0.3, -0.25) is 0 Å². The molecule has 8 aromatic heterocycles. The standard InChI is InChI=1S/C103H160S8/c1-13-22-30-38-46-54-63-79-71-88(104-87(79)62-21-9)96-80(64-55-47-39-31-23-14-2)72-89(105-96)97-81(65-56-48-40-32-24-15-3)73-90(106-97)98-82(66-57-49-41-33-25-16-4)74-91(107-98)99-83(67-58-50-42-34-26-17-5)75-92(108-99)100-84(68-59-51-43-35-27-18-6)76-93(109-100)101-85(69-60-52-44-36-28-19-7)77-94(110-101)102-86(70-61-53-45-37-29-20-8)78-95(111-102)103(10,11)12/h71-78H,13-70H2,1-12H3. The van der Waals surface area contributed by atoms with E-state index in [9.17, 15) is 0 Å². The van der Waals surface area contributed by atoms with Gasteiger partial charge in [0.05, 0.1) is 0 Å². The quantitative estimate of drug-likeness (QED) is 0.0333. The van der Waals surface area contributed by atoms with Crippen molar-refractivity contribution in [3.63, 3.8) is 0 Å². The third-order valence-corrected chi connectivity index (χ3v) is 34.9. The van der Waals surface area contributed by atoms with Gasteiger partial charge in [-0.15, -0.1) is 90.7 Å². The average molecular weight is 1650 g/mol. The fourth-order valence-electron chi connectivity index (χ4n) is 16.8. The van der Waals surface area contributed by atoms with Crippen LogP contribution in [0.15, 0.2) is 48.5 Å². The van der Waals surface area contributed by atoms with Crippen LogP contribution in [-0.2, 0) is 63.2 Å². The zero-order valence-corrected chi connectivity index (χ0v) is 79.9. The van der Waals surface area contributed by atoms with E-state index in [2.05, 4.69) is 222 Å². The van der Waals surface area contributed by atoms with Crippen LogP contribution in [0.25, 0.3) is 68.3 Å². The minimum absolute atomic E-state index is 0.138. The van der Waals surface area contributed by atoms with Gasteiger partial charge in [0.2, 0.25) is 0 Å². The van der Waals surface area contributed by atoms with Crippen molar-refractivity contribution in [1.29, 1.82) is 0 Å². The molecule has 0 nitrogen and oxygen atoms in total. The minimum Gasteiger partial charge on any atom is -0.139 e. The topological polar surface area (TPSA) is 0 Å². The smallest absolute Gasteiger partial charge is 0.0481 e. The Morgan fingerprint density at radius 2 is 0.342 bits per heavy atom. The second-order valence-electron chi connectivity index (χ2n) is 35.0.